The van der Waals surface area contributed by atoms with Crippen molar-refractivity contribution in [2.45, 2.75) is 42.5 Å². The number of hydrogen-bond donors (Lipinski definition) is 1. The second-order valence-corrected chi connectivity index (χ2v) is 7.60. The van der Waals surface area contributed by atoms with Crippen molar-refractivity contribution < 1.29 is 19.5 Å². The summed E-state index contributed by atoms with van der Waals surface area (Å²) in [5.41, 5.74) is 1.10. The van der Waals surface area contributed by atoms with Gasteiger partial charge in [-0.1, -0.05) is 43.1 Å². The van der Waals surface area contributed by atoms with Gasteiger partial charge in [-0.25, -0.2) is 4.79 Å². The third-order valence-electron chi connectivity index (χ3n) is 3.67. The number of carbonyl (C=O) groups excluding carboxylic acids is 2. The summed E-state index contributed by atoms with van der Waals surface area (Å²) in [5, 5.41) is 9.00. The highest BCUT2D eigenvalue weighted by Gasteiger charge is 2.59. The minimum atomic E-state index is -2.34. The minimum absolute atomic E-state index is 0.158. The molecular weight excluding hydrogens is 338 g/mol. The lowest BCUT2D eigenvalue weighted by Crippen LogP contribution is -2.67. The van der Waals surface area contributed by atoms with E-state index in [4.69, 9.17) is 11.6 Å². The highest BCUT2D eigenvalue weighted by Crippen LogP contribution is 2.42. The van der Waals surface area contributed by atoms with Crippen molar-refractivity contribution in [1.29, 1.82) is 0 Å². The molecule has 0 aromatic heterocycles. The number of alkyl halides is 1. The van der Waals surface area contributed by atoms with E-state index < -0.39 is 33.9 Å². The van der Waals surface area contributed by atoms with Gasteiger partial charge in [0.05, 0.1) is 11.8 Å². The molecule has 0 bridgehead atoms. The first-order valence-corrected chi connectivity index (χ1v) is 8.45. The number of hydrogen-bond acceptors (Lipinski definition) is 4. The Labute approximate surface area is 144 Å². The molecule has 1 amide bonds. The van der Waals surface area contributed by atoms with Gasteiger partial charge in [0.25, 0.3) is 5.00 Å². The first-order valence-electron chi connectivity index (χ1n) is 7.20. The van der Waals surface area contributed by atoms with Crippen LogP contribution < -0.4 is 0 Å². The number of rotatable bonds is 6. The molecule has 1 N–H and O–H groups in total. The van der Waals surface area contributed by atoms with Crippen LogP contribution in [-0.4, -0.2) is 38.0 Å². The minimum Gasteiger partial charge on any atom is -0.478 e. The number of carboxylic acids is 1. The number of β-lactam (4-membered cyclic amide) rings is 1. The number of ketones is 1. The highest BCUT2D eigenvalue weighted by molar-refractivity contribution is 8.00. The van der Waals surface area contributed by atoms with Gasteiger partial charge >= 0.3 is 5.97 Å². The van der Waals surface area contributed by atoms with Crippen molar-refractivity contribution in [2.75, 3.05) is 0 Å². The van der Waals surface area contributed by atoms with Crippen LogP contribution in [0.3, 0.4) is 0 Å². The number of carboxylic acid groups (broad SMARTS) is 1. The summed E-state index contributed by atoms with van der Waals surface area (Å²) < 4.78 is 0. The molecule has 2 rings (SSSR count). The largest absolute Gasteiger partial charge is 0.478 e. The Morgan fingerprint density at radius 1 is 1.35 bits per heavy atom. The van der Waals surface area contributed by atoms with Crippen LogP contribution in [0.2, 0.25) is 0 Å². The number of benzene rings is 1. The second kappa shape index (κ2) is 6.53. The Bertz CT molecular complexity index is 646. The smallest absolute Gasteiger partial charge is 0.353 e. The molecule has 1 heterocycles. The van der Waals surface area contributed by atoms with Crippen molar-refractivity contribution in [3.8, 4) is 0 Å². The van der Waals surface area contributed by atoms with Crippen molar-refractivity contribution in [3.05, 3.63) is 29.8 Å². The second-order valence-electron chi connectivity index (χ2n) is 5.80. The Morgan fingerprint density at radius 2 is 1.91 bits per heavy atom. The Hall–Kier alpha value is -1.53. The van der Waals surface area contributed by atoms with Crippen LogP contribution in [0, 0.1) is 12.8 Å². The van der Waals surface area contributed by atoms with E-state index in [0.717, 1.165) is 15.4 Å². The first kappa shape index (κ1) is 17.8. The van der Waals surface area contributed by atoms with E-state index in [9.17, 15) is 19.5 Å². The molecule has 23 heavy (non-hydrogen) atoms. The fourth-order valence-corrected chi connectivity index (χ4v) is 4.04. The predicted molar refractivity (Wildman–Crippen MR) is 88.4 cm³/mol. The molecule has 1 aliphatic heterocycles. The van der Waals surface area contributed by atoms with Crippen LogP contribution in [0.5, 0.6) is 0 Å². The fraction of sp³-hybridized carbons (Fsp3) is 0.438. The van der Waals surface area contributed by atoms with E-state index in [-0.39, 0.29) is 6.42 Å². The third kappa shape index (κ3) is 3.23. The normalized spacial score (nSPS) is 20.1. The first-order chi connectivity index (χ1) is 10.7. The Balaban J connectivity index is 2.27. The number of thioether (sulfide) groups is 1. The van der Waals surface area contributed by atoms with Gasteiger partial charge in [-0.2, -0.15) is 0 Å². The topological polar surface area (TPSA) is 74.7 Å². The number of Topliss-reactive ketones (excluding diaryl/α,β-unsaturated/α-hetero) is 1. The van der Waals surface area contributed by atoms with Gasteiger partial charge in [-0.3, -0.25) is 14.5 Å². The number of carbonyl (C=O) groups is 3. The average Bonchev–Trinajstić information content (AvgIpc) is 2.47. The lowest BCUT2D eigenvalue weighted by atomic mass is 9.96. The number of aliphatic carboxylic acids is 1. The maximum absolute atomic E-state index is 12.3. The molecule has 0 saturated carbocycles. The summed E-state index contributed by atoms with van der Waals surface area (Å²) in [6.45, 7) is 5.09. The van der Waals surface area contributed by atoms with Gasteiger partial charge < -0.3 is 5.11 Å². The van der Waals surface area contributed by atoms with E-state index >= 15 is 0 Å². The van der Waals surface area contributed by atoms with Gasteiger partial charge in [-0.05, 0) is 19.1 Å². The third-order valence-corrected chi connectivity index (χ3v) is 5.39. The Kier molecular flexibility index (Phi) is 5.06. The number of halogens is 1. The average molecular weight is 356 g/mol. The van der Waals surface area contributed by atoms with Gasteiger partial charge in [0.2, 0.25) is 5.91 Å². The molecule has 124 valence electrons. The van der Waals surface area contributed by atoms with Crippen LogP contribution in [-0.2, 0) is 14.4 Å². The lowest BCUT2D eigenvalue weighted by molar-refractivity contribution is -0.166. The van der Waals surface area contributed by atoms with E-state index in [1.165, 1.54) is 11.8 Å². The standard InChI is InChI=1S/C16H18ClNO4S/c1-9(2)14(20)16(17,15(21)22)18-12(19)8-13(18)23-11-6-4-10(3)5-7-11/h4-7,9,13H,8H2,1-3H3,(H,21,22). The molecule has 2 unspecified atom stereocenters. The molecule has 0 radical (unpaired) electrons. The van der Waals surface area contributed by atoms with E-state index in [2.05, 4.69) is 0 Å². The maximum Gasteiger partial charge on any atom is 0.353 e. The summed E-state index contributed by atoms with van der Waals surface area (Å²) in [6, 6.07) is 7.64. The van der Waals surface area contributed by atoms with Crippen molar-refractivity contribution in [1.82, 2.24) is 4.90 Å². The molecule has 0 spiro atoms. The molecule has 0 aliphatic carbocycles. The van der Waals surface area contributed by atoms with Gasteiger partial charge in [0, 0.05) is 10.8 Å². The van der Waals surface area contributed by atoms with Crippen LogP contribution in [0.4, 0.5) is 0 Å². The van der Waals surface area contributed by atoms with E-state index in [0.29, 0.717) is 0 Å². The molecule has 1 fully saturated rings. The quantitative estimate of drug-likeness (QED) is 0.367. The molecule has 2 atom stereocenters. The van der Waals surface area contributed by atoms with Crippen molar-refractivity contribution in [2.24, 2.45) is 5.92 Å². The molecule has 1 saturated heterocycles. The highest BCUT2D eigenvalue weighted by atomic mass is 35.5. The van der Waals surface area contributed by atoms with Crippen LogP contribution in [0.25, 0.3) is 0 Å². The molecule has 7 heteroatoms. The molecule has 1 aliphatic rings. The number of likely N-dealkylation sites (tertiary alicyclic amines) is 1. The SMILES string of the molecule is Cc1ccc(SC2CC(=O)N2C(Cl)(C(=O)O)C(=O)C(C)C)cc1. The molecule has 1 aromatic carbocycles. The summed E-state index contributed by atoms with van der Waals surface area (Å²) in [5.74, 6) is -3.22. The van der Waals surface area contributed by atoms with Gasteiger partial charge in [0.15, 0.2) is 5.78 Å². The van der Waals surface area contributed by atoms with Crippen LogP contribution in [0.1, 0.15) is 25.8 Å². The predicted octanol–water partition coefficient (Wildman–Crippen LogP) is 2.89. The van der Waals surface area contributed by atoms with Crippen molar-refractivity contribution >= 4 is 41.0 Å². The number of amides is 1. The summed E-state index contributed by atoms with van der Waals surface area (Å²) in [4.78, 5) is 35.5. The fourth-order valence-electron chi connectivity index (χ4n) is 2.34. The van der Waals surface area contributed by atoms with Gasteiger partial charge in [0.1, 0.15) is 0 Å². The zero-order valence-corrected chi connectivity index (χ0v) is 14.6. The van der Waals surface area contributed by atoms with Gasteiger partial charge in [-0.15, -0.1) is 11.8 Å². The molecule has 1 aromatic rings. The van der Waals surface area contributed by atoms with E-state index in [1.54, 1.807) is 13.8 Å². The molecular formula is C16H18ClNO4S. The number of aryl methyl sites for hydroxylation is 1. The summed E-state index contributed by atoms with van der Waals surface area (Å²) in [6.07, 6.45) is 0.158. The summed E-state index contributed by atoms with van der Waals surface area (Å²) >= 11 is 7.47. The zero-order chi connectivity index (χ0) is 17.4. The zero-order valence-electron chi connectivity index (χ0n) is 13.1. The van der Waals surface area contributed by atoms with Crippen LogP contribution in [0.15, 0.2) is 29.2 Å². The monoisotopic (exact) mass is 355 g/mol. The van der Waals surface area contributed by atoms with Crippen molar-refractivity contribution in [3.63, 3.8) is 0 Å². The lowest BCUT2D eigenvalue weighted by Gasteiger charge is -2.47. The van der Waals surface area contributed by atoms with E-state index in [1.807, 2.05) is 31.2 Å². The number of nitrogens with zero attached hydrogens (tertiary/aromatic N) is 1. The Morgan fingerprint density at radius 3 is 2.35 bits per heavy atom. The summed E-state index contributed by atoms with van der Waals surface area (Å²) in [7, 11) is 0. The maximum atomic E-state index is 12.3. The molecule has 5 nitrogen and oxygen atoms in total. The van der Waals surface area contributed by atoms with Crippen LogP contribution >= 0.6 is 23.4 Å².